The third-order valence-corrected chi connectivity index (χ3v) is 4.35. The molecule has 0 saturated carbocycles. The van der Waals surface area contributed by atoms with Crippen LogP contribution in [0.25, 0.3) is 0 Å². The van der Waals surface area contributed by atoms with E-state index < -0.39 is 0 Å². The summed E-state index contributed by atoms with van der Waals surface area (Å²) in [7, 11) is 0. The van der Waals surface area contributed by atoms with Crippen molar-refractivity contribution in [2.45, 2.75) is 24.3 Å². The molecule has 1 nitrogen and oxygen atoms in total. The first-order valence-corrected chi connectivity index (χ1v) is 8.48. The van der Waals surface area contributed by atoms with Crippen LogP contribution in [0.15, 0.2) is 53.4 Å². The number of halogens is 1. The van der Waals surface area contributed by atoms with E-state index in [9.17, 15) is 0 Å². The van der Waals surface area contributed by atoms with Crippen LogP contribution in [0.2, 0.25) is 5.02 Å². The summed E-state index contributed by atoms with van der Waals surface area (Å²) < 4.78 is 0. The molecular formula is C17H20ClNS. The average Bonchev–Trinajstić information content (AvgIpc) is 2.50. The Kier molecular flexibility index (Phi) is 5.96. The lowest BCUT2D eigenvalue weighted by Crippen LogP contribution is -2.23. The summed E-state index contributed by atoms with van der Waals surface area (Å²) in [5.41, 5.74) is 2.39. The van der Waals surface area contributed by atoms with Gasteiger partial charge in [0.05, 0.1) is 6.04 Å². The van der Waals surface area contributed by atoms with Crippen molar-refractivity contribution in [3.05, 3.63) is 64.7 Å². The fourth-order valence-corrected chi connectivity index (χ4v) is 2.85. The van der Waals surface area contributed by atoms with Gasteiger partial charge in [0.1, 0.15) is 0 Å². The van der Waals surface area contributed by atoms with Crippen LogP contribution in [-0.2, 0) is 0 Å². The predicted octanol–water partition coefficient (Wildman–Crippen LogP) is 5.15. The third-order valence-electron chi connectivity index (χ3n) is 3.26. The Morgan fingerprint density at radius 2 is 1.80 bits per heavy atom. The first-order chi connectivity index (χ1) is 9.76. The van der Waals surface area contributed by atoms with E-state index in [4.69, 9.17) is 11.6 Å². The Morgan fingerprint density at radius 3 is 2.40 bits per heavy atom. The summed E-state index contributed by atoms with van der Waals surface area (Å²) in [5.74, 6) is 0. The topological polar surface area (TPSA) is 12.0 Å². The van der Waals surface area contributed by atoms with E-state index in [1.807, 2.05) is 18.2 Å². The zero-order valence-corrected chi connectivity index (χ0v) is 13.5. The summed E-state index contributed by atoms with van der Waals surface area (Å²) >= 11 is 8.12. The molecule has 0 aliphatic carbocycles. The highest BCUT2D eigenvalue weighted by atomic mass is 35.5. The lowest BCUT2D eigenvalue weighted by atomic mass is 9.98. The number of hydrogen-bond donors (Lipinski definition) is 1. The van der Waals surface area contributed by atoms with Gasteiger partial charge in [-0.2, -0.15) is 0 Å². The third kappa shape index (κ3) is 3.78. The fraction of sp³-hybridized carbons (Fsp3) is 0.294. The maximum atomic E-state index is 6.36. The standard InChI is InChI=1S/C17H20ClNS/c1-3-12-19-17(15-6-4-5-7-16(15)18)13-8-10-14(20-2)11-9-13/h4-11,17,19H,3,12H2,1-2H3. The first-order valence-electron chi connectivity index (χ1n) is 6.88. The molecule has 0 fully saturated rings. The van der Waals surface area contributed by atoms with Gasteiger partial charge in [-0.1, -0.05) is 48.9 Å². The molecule has 106 valence electrons. The average molecular weight is 306 g/mol. The van der Waals surface area contributed by atoms with Crippen molar-refractivity contribution in [2.24, 2.45) is 0 Å². The van der Waals surface area contributed by atoms with Crippen LogP contribution < -0.4 is 5.32 Å². The minimum Gasteiger partial charge on any atom is -0.306 e. The smallest absolute Gasteiger partial charge is 0.0591 e. The molecule has 0 saturated heterocycles. The Labute approximate surface area is 130 Å². The molecule has 1 atom stereocenters. The van der Waals surface area contributed by atoms with E-state index in [2.05, 4.69) is 48.8 Å². The van der Waals surface area contributed by atoms with Crippen molar-refractivity contribution >= 4 is 23.4 Å². The van der Waals surface area contributed by atoms with Gasteiger partial charge < -0.3 is 5.32 Å². The predicted molar refractivity (Wildman–Crippen MR) is 89.8 cm³/mol. The molecule has 0 spiro atoms. The van der Waals surface area contributed by atoms with Crippen LogP contribution in [-0.4, -0.2) is 12.8 Å². The van der Waals surface area contributed by atoms with Crippen LogP contribution in [0.1, 0.15) is 30.5 Å². The number of rotatable bonds is 6. The monoisotopic (exact) mass is 305 g/mol. The maximum Gasteiger partial charge on any atom is 0.0591 e. The van der Waals surface area contributed by atoms with Crippen LogP contribution in [0.3, 0.4) is 0 Å². The van der Waals surface area contributed by atoms with E-state index in [1.54, 1.807) is 11.8 Å². The summed E-state index contributed by atoms with van der Waals surface area (Å²) in [6.45, 7) is 3.15. The van der Waals surface area contributed by atoms with Gasteiger partial charge in [0.2, 0.25) is 0 Å². The number of thioether (sulfide) groups is 1. The van der Waals surface area contributed by atoms with E-state index in [0.717, 1.165) is 23.6 Å². The van der Waals surface area contributed by atoms with Crippen LogP contribution in [0, 0.1) is 0 Å². The summed E-state index contributed by atoms with van der Waals surface area (Å²) in [4.78, 5) is 1.28. The molecule has 1 unspecified atom stereocenters. The van der Waals surface area contributed by atoms with Gasteiger partial charge in [-0.3, -0.25) is 0 Å². The molecular weight excluding hydrogens is 286 g/mol. The minimum atomic E-state index is 0.152. The van der Waals surface area contributed by atoms with E-state index >= 15 is 0 Å². The Balaban J connectivity index is 2.33. The fourth-order valence-electron chi connectivity index (χ4n) is 2.20. The molecule has 0 bridgehead atoms. The highest BCUT2D eigenvalue weighted by Gasteiger charge is 2.15. The molecule has 0 aliphatic heterocycles. The summed E-state index contributed by atoms with van der Waals surface area (Å²) in [5, 5.41) is 4.40. The second-order valence-corrected chi connectivity index (χ2v) is 5.97. The zero-order chi connectivity index (χ0) is 14.4. The van der Waals surface area contributed by atoms with E-state index in [1.165, 1.54) is 10.5 Å². The van der Waals surface area contributed by atoms with Gasteiger partial charge in [-0.15, -0.1) is 11.8 Å². The molecule has 1 N–H and O–H groups in total. The van der Waals surface area contributed by atoms with Gasteiger partial charge in [-0.05, 0) is 48.5 Å². The molecule has 0 aromatic heterocycles. The van der Waals surface area contributed by atoms with Crippen molar-refractivity contribution < 1.29 is 0 Å². The molecule has 3 heteroatoms. The van der Waals surface area contributed by atoms with Gasteiger partial charge in [0, 0.05) is 9.92 Å². The second kappa shape index (κ2) is 7.72. The van der Waals surface area contributed by atoms with Gasteiger partial charge in [-0.25, -0.2) is 0 Å². The normalized spacial score (nSPS) is 12.3. The van der Waals surface area contributed by atoms with Crippen LogP contribution in [0.5, 0.6) is 0 Å². The van der Waals surface area contributed by atoms with Gasteiger partial charge in [0.25, 0.3) is 0 Å². The summed E-state index contributed by atoms with van der Waals surface area (Å²) in [6, 6.07) is 16.9. The van der Waals surface area contributed by atoms with Crippen molar-refractivity contribution in [3.8, 4) is 0 Å². The zero-order valence-electron chi connectivity index (χ0n) is 11.9. The van der Waals surface area contributed by atoms with E-state index in [0.29, 0.717) is 0 Å². The summed E-state index contributed by atoms with van der Waals surface area (Å²) in [6.07, 6.45) is 3.19. The number of benzene rings is 2. The molecule has 0 heterocycles. The molecule has 2 aromatic carbocycles. The lowest BCUT2D eigenvalue weighted by Gasteiger charge is -2.21. The number of nitrogens with one attached hydrogen (secondary N) is 1. The van der Waals surface area contributed by atoms with Crippen LogP contribution in [0.4, 0.5) is 0 Å². The van der Waals surface area contributed by atoms with Gasteiger partial charge >= 0.3 is 0 Å². The minimum absolute atomic E-state index is 0.152. The molecule has 0 radical (unpaired) electrons. The number of hydrogen-bond acceptors (Lipinski definition) is 2. The first kappa shape index (κ1) is 15.4. The SMILES string of the molecule is CCCNC(c1ccc(SC)cc1)c1ccccc1Cl. The Hall–Kier alpha value is -0.960. The van der Waals surface area contributed by atoms with Gasteiger partial charge in [0.15, 0.2) is 0 Å². The highest BCUT2D eigenvalue weighted by molar-refractivity contribution is 7.98. The van der Waals surface area contributed by atoms with Crippen molar-refractivity contribution in [1.29, 1.82) is 0 Å². The second-order valence-electron chi connectivity index (χ2n) is 4.68. The van der Waals surface area contributed by atoms with Crippen molar-refractivity contribution in [1.82, 2.24) is 5.32 Å². The largest absolute Gasteiger partial charge is 0.306 e. The lowest BCUT2D eigenvalue weighted by molar-refractivity contribution is 0.598. The quantitative estimate of drug-likeness (QED) is 0.741. The van der Waals surface area contributed by atoms with Crippen molar-refractivity contribution in [3.63, 3.8) is 0 Å². The highest BCUT2D eigenvalue weighted by Crippen LogP contribution is 2.29. The molecule has 0 amide bonds. The Bertz CT molecular complexity index is 539. The van der Waals surface area contributed by atoms with Crippen LogP contribution >= 0.6 is 23.4 Å². The molecule has 20 heavy (non-hydrogen) atoms. The molecule has 2 rings (SSSR count). The Morgan fingerprint density at radius 1 is 1.10 bits per heavy atom. The van der Waals surface area contributed by atoms with Crippen molar-refractivity contribution in [2.75, 3.05) is 12.8 Å². The van der Waals surface area contributed by atoms with E-state index in [-0.39, 0.29) is 6.04 Å². The molecule has 0 aliphatic rings. The molecule has 2 aromatic rings. The maximum absolute atomic E-state index is 6.36.